The van der Waals surface area contributed by atoms with Crippen LogP contribution in [0.15, 0.2) is 53.8 Å². The molecule has 5 aliphatic rings. The molecule has 7 nitrogen and oxygen atoms in total. The number of thiocarbonyl (C=S) groups is 1. The van der Waals surface area contributed by atoms with Gasteiger partial charge in [-0.15, -0.1) is 0 Å². The van der Waals surface area contributed by atoms with Crippen molar-refractivity contribution in [2.75, 3.05) is 5.32 Å². The molecule has 0 radical (unpaired) electrons. The molecule has 0 saturated heterocycles. The fourth-order valence-electron chi connectivity index (χ4n) is 8.25. The van der Waals surface area contributed by atoms with Crippen molar-refractivity contribution in [1.29, 1.82) is 0 Å². The van der Waals surface area contributed by atoms with Crippen LogP contribution in [0.25, 0.3) is 11.3 Å². The number of H-pyrrole nitrogens is 1. The van der Waals surface area contributed by atoms with Crippen molar-refractivity contribution in [3.63, 3.8) is 0 Å². The number of anilines is 1. The van der Waals surface area contributed by atoms with E-state index in [0.717, 1.165) is 43.4 Å². The Balaban J connectivity index is 1.09. The third-order valence-corrected chi connectivity index (χ3v) is 9.72. The number of pyridine rings is 1. The summed E-state index contributed by atoms with van der Waals surface area (Å²) < 4.78 is 17.0. The number of aliphatic hydroxyl groups is 1. The lowest BCUT2D eigenvalue weighted by molar-refractivity contribution is -0.135. The van der Waals surface area contributed by atoms with E-state index in [4.69, 9.17) is 12.2 Å². The van der Waals surface area contributed by atoms with Gasteiger partial charge in [0.1, 0.15) is 11.5 Å². The molecule has 3 heterocycles. The molecule has 4 unspecified atom stereocenters. The van der Waals surface area contributed by atoms with E-state index in [0.29, 0.717) is 40.5 Å². The van der Waals surface area contributed by atoms with E-state index in [1.807, 2.05) is 10.6 Å². The average molecular weight is 520 g/mol. The SMILES string of the molecule is O=c1[nH]cccc1NC(=S)NC1C2CC3CC1CC(C(O)CC1c4c(F)cccc4-c4cncn41)(C3)C2. The first-order valence-electron chi connectivity index (χ1n) is 13.2. The molecule has 4 N–H and O–H groups in total. The van der Waals surface area contributed by atoms with Crippen LogP contribution < -0.4 is 16.2 Å². The normalized spacial score (nSPS) is 31.6. The third-order valence-electron chi connectivity index (χ3n) is 9.50. The Bertz CT molecular complexity index is 1420. The Morgan fingerprint density at radius 2 is 2.05 bits per heavy atom. The van der Waals surface area contributed by atoms with Gasteiger partial charge in [0.2, 0.25) is 0 Å². The highest BCUT2D eigenvalue weighted by atomic mass is 32.1. The van der Waals surface area contributed by atoms with Crippen LogP contribution >= 0.6 is 12.2 Å². The molecule has 4 aliphatic carbocycles. The van der Waals surface area contributed by atoms with Gasteiger partial charge in [0, 0.05) is 23.4 Å². The molecule has 4 atom stereocenters. The first kappa shape index (κ1) is 23.1. The van der Waals surface area contributed by atoms with Crippen LogP contribution in [-0.2, 0) is 0 Å². The monoisotopic (exact) mass is 519 g/mol. The van der Waals surface area contributed by atoms with E-state index in [2.05, 4.69) is 20.6 Å². The van der Waals surface area contributed by atoms with Crippen LogP contribution in [0.3, 0.4) is 0 Å². The van der Waals surface area contributed by atoms with Gasteiger partial charge < -0.3 is 25.3 Å². The highest BCUT2D eigenvalue weighted by molar-refractivity contribution is 7.80. The van der Waals surface area contributed by atoms with E-state index in [9.17, 15) is 14.3 Å². The lowest BCUT2D eigenvalue weighted by Crippen LogP contribution is -2.62. The number of aliphatic hydroxyl groups excluding tert-OH is 1. The second-order valence-corrected chi connectivity index (χ2v) is 11.9. The number of fused-ring (bicyclic) bond motifs is 3. The van der Waals surface area contributed by atoms with E-state index < -0.39 is 6.10 Å². The molecule has 0 amide bonds. The zero-order valence-corrected chi connectivity index (χ0v) is 21.2. The number of hydrogen-bond acceptors (Lipinski definition) is 4. The summed E-state index contributed by atoms with van der Waals surface area (Å²) in [5, 5.41) is 18.8. The standard InChI is InChI=1S/C28H30FN5O2S/c29-19-4-1-3-18-22-13-30-14-34(22)21(24(18)19)9-23(35)28-10-15-7-16(11-28)25(17(8-15)12-28)33-27(37)32-20-5-2-6-31-26(20)36/h1-6,13-17,21,23,25,35H,7-12H2,(H,31,36)(H2,32,33,37). The predicted molar refractivity (Wildman–Crippen MR) is 143 cm³/mol. The number of aromatic amines is 1. The Morgan fingerprint density at radius 1 is 1.24 bits per heavy atom. The largest absolute Gasteiger partial charge is 0.392 e. The van der Waals surface area contributed by atoms with Gasteiger partial charge in [0.25, 0.3) is 5.56 Å². The number of hydrogen-bond donors (Lipinski definition) is 4. The summed E-state index contributed by atoms with van der Waals surface area (Å²) in [6.07, 6.45) is 10.2. The maximum absolute atomic E-state index is 15.0. The van der Waals surface area contributed by atoms with Crippen molar-refractivity contribution in [2.24, 2.45) is 23.2 Å². The molecule has 4 bridgehead atoms. The number of nitrogens with zero attached hydrogens (tertiary/aromatic N) is 2. The quantitative estimate of drug-likeness (QED) is 0.377. The van der Waals surface area contributed by atoms with Gasteiger partial charge in [0.05, 0.1) is 30.4 Å². The topological polar surface area (TPSA) is 95.0 Å². The van der Waals surface area contributed by atoms with Crippen molar-refractivity contribution in [1.82, 2.24) is 19.9 Å². The van der Waals surface area contributed by atoms with Gasteiger partial charge in [-0.05, 0) is 92.1 Å². The summed E-state index contributed by atoms with van der Waals surface area (Å²) in [5.41, 5.74) is 2.54. The summed E-state index contributed by atoms with van der Waals surface area (Å²) in [6, 6.07) is 8.66. The van der Waals surface area contributed by atoms with E-state index in [-0.39, 0.29) is 28.9 Å². The van der Waals surface area contributed by atoms with Crippen LogP contribution in [0, 0.1) is 29.0 Å². The highest BCUT2D eigenvalue weighted by Crippen LogP contribution is 2.62. The van der Waals surface area contributed by atoms with Crippen LogP contribution in [0.1, 0.15) is 50.1 Å². The summed E-state index contributed by atoms with van der Waals surface area (Å²) in [4.78, 5) is 19.0. The van der Waals surface area contributed by atoms with Gasteiger partial charge in [-0.25, -0.2) is 9.37 Å². The first-order chi connectivity index (χ1) is 17.9. The van der Waals surface area contributed by atoms with E-state index in [1.165, 1.54) is 6.07 Å². The molecule has 2 aromatic heterocycles. The van der Waals surface area contributed by atoms with Gasteiger partial charge in [0.15, 0.2) is 5.11 Å². The van der Waals surface area contributed by atoms with Gasteiger partial charge in [-0.3, -0.25) is 4.79 Å². The fourth-order valence-corrected chi connectivity index (χ4v) is 8.50. The van der Waals surface area contributed by atoms with Gasteiger partial charge in [-0.1, -0.05) is 12.1 Å². The molecule has 0 spiro atoms. The maximum atomic E-state index is 15.0. The summed E-state index contributed by atoms with van der Waals surface area (Å²) in [5.74, 6) is 1.20. The summed E-state index contributed by atoms with van der Waals surface area (Å²) >= 11 is 5.58. The molecule has 192 valence electrons. The lowest BCUT2D eigenvalue weighted by Gasteiger charge is -2.61. The smallest absolute Gasteiger partial charge is 0.271 e. The molecular formula is C28H30FN5O2S. The number of benzene rings is 1. The lowest BCUT2D eigenvalue weighted by atomic mass is 9.46. The minimum Gasteiger partial charge on any atom is -0.392 e. The van der Waals surface area contributed by atoms with E-state index in [1.54, 1.807) is 36.9 Å². The van der Waals surface area contributed by atoms with Crippen molar-refractivity contribution in [3.05, 3.63) is 70.8 Å². The highest BCUT2D eigenvalue weighted by Gasteiger charge is 2.58. The second-order valence-electron chi connectivity index (χ2n) is 11.5. The van der Waals surface area contributed by atoms with Crippen molar-refractivity contribution < 1.29 is 9.50 Å². The zero-order valence-electron chi connectivity index (χ0n) is 20.4. The molecule has 1 aliphatic heterocycles. The minimum absolute atomic E-state index is 0.158. The third kappa shape index (κ3) is 3.66. The number of halogens is 1. The molecule has 4 fully saturated rings. The molecular weight excluding hydrogens is 489 g/mol. The zero-order chi connectivity index (χ0) is 25.3. The van der Waals surface area contributed by atoms with Gasteiger partial charge in [-0.2, -0.15) is 0 Å². The van der Waals surface area contributed by atoms with Crippen LogP contribution in [-0.4, -0.2) is 36.9 Å². The Kier molecular flexibility index (Phi) is 5.30. The molecule has 3 aromatic rings. The molecule has 9 heteroatoms. The average Bonchev–Trinajstić information content (AvgIpc) is 3.46. The number of nitrogens with one attached hydrogen (secondary N) is 3. The second kappa shape index (κ2) is 8.49. The molecule has 1 aromatic carbocycles. The number of imidazole rings is 1. The van der Waals surface area contributed by atoms with Gasteiger partial charge >= 0.3 is 0 Å². The summed E-state index contributed by atoms with van der Waals surface area (Å²) in [6.45, 7) is 0. The summed E-state index contributed by atoms with van der Waals surface area (Å²) in [7, 11) is 0. The Labute approximate surface area is 219 Å². The number of aromatic nitrogens is 3. The fraction of sp³-hybridized carbons (Fsp3) is 0.464. The molecule has 4 saturated carbocycles. The van der Waals surface area contributed by atoms with Crippen molar-refractivity contribution >= 4 is 23.0 Å². The Hall–Kier alpha value is -3.04. The van der Waals surface area contributed by atoms with Crippen LogP contribution in [0.5, 0.6) is 0 Å². The van der Waals surface area contributed by atoms with E-state index >= 15 is 0 Å². The van der Waals surface area contributed by atoms with Crippen molar-refractivity contribution in [3.8, 4) is 11.3 Å². The minimum atomic E-state index is -0.527. The van der Waals surface area contributed by atoms with Crippen molar-refractivity contribution in [2.45, 2.75) is 56.7 Å². The van der Waals surface area contributed by atoms with Crippen LogP contribution in [0.4, 0.5) is 10.1 Å². The predicted octanol–water partition coefficient (Wildman–Crippen LogP) is 4.21. The molecule has 37 heavy (non-hydrogen) atoms. The Morgan fingerprint density at radius 3 is 2.84 bits per heavy atom. The first-order valence-corrected chi connectivity index (χ1v) is 13.6. The molecule has 8 rings (SSSR count). The maximum Gasteiger partial charge on any atom is 0.271 e. The number of rotatable bonds is 5. The van der Waals surface area contributed by atoms with Crippen LogP contribution in [0.2, 0.25) is 0 Å².